The smallest absolute Gasteiger partial charge is 0.330 e. The first-order valence-electron chi connectivity index (χ1n) is 5.06. The highest BCUT2D eigenvalue weighted by Gasteiger charge is 2.16. The van der Waals surface area contributed by atoms with Gasteiger partial charge in [-0.2, -0.15) is 0 Å². The molecule has 0 aliphatic heterocycles. The zero-order valence-corrected chi connectivity index (χ0v) is 11.4. The van der Waals surface area contributed by atoms with Gasteiger partial charge in [0.15, 0.2) is 5.85 Å². The summed E-state index contributed by atoms with van der Waals surface area (Å²) in [4.78, 5) is 10.8. The molecule has 0 heterocycles. The molecule has 0 radical (unpaired) electrons. The second kappa shape index (κ2) is 6.84. The number of rotatable bonds is 7. The molecular formula is C10H21NO4P+. The molecule has 5 nitrogen and oxygen atoms in total. The van der Waals surface area contributed by atoms with E-state index < -0.39 is 19.8 Å². The van der Waals surface area contributed by atoms with Crippen LogP contribution < -0.4 is 0 Å². The van der Waals surface area contributed by atoms with E-state index in [9.17, 15) is 9.36 Å². The van der Waals surface area contributed by atoms with Crippen LogP contribution in [0.25, 0.3) is 0 Å². The third kappa shape index (κ3) is 7.63. The van der Waals surface area contributed by atoms with Crippen molar-refractivity contribution in [3.63, 3.8) is 0 Å². The standard InChI is InChI=1S/C10H21NO4P/c1-6-10(12)15-9(2)16(13)14-8-7-11(3,4)5/h6,9,16H,1,7-8H2,2-5H3/q+1. The molecule has 0 aliphatic carbocycles. The lowest BCUT2D eigenvalue weighted by Gasteiger charge is -2.23. The molecule has 0 aromatic rings. The molecule has 0 rings (SSSR count). The predicted molar refractivity (Wildman–Crippen MR) is 63.6 cm³/mol. The van der Waals surface area contributed by atoms with Gasteiger partial charge in [0.1, 0.15) is 13.2 Å². The first-order valence-corrected chi connectivity index (χ1v) is 6.46. The fourth-order valence-electron chi connectivity index (χ4n) is 0.808. The maximum atomic E-state index is 11.5. The number of carbonyl (C=O) groups excluding carboxylic acids is 1. The lowest BCUT2D eigenvalue weighted by atomic mass is 10.5. The largest absolute Gasteiger partial charge is 0.449 e. The van der Waals surface area contributed by atoms with E-state index in [4.69, 9.17) is 9.26 Å². The summed E-state index contributed by atoms with van der Waals surface area (Å²) in [5.41, 5.74) is 0. The summed E-state index contributed by atoms with van der Waals surface area (Å²) in [6.45, 7) is 5.94. The second-order valence-electron chi connectivity index (χ2n) is 4.46. The first-order chi connectivity index (χ1) is 7.26. The summed E-state index contributed by atoms with van der Waals surface area (Å²) >= 11 is 0. The molecule has 0 saturated carbocycles. The van der Waals surface area contributed by atoms with Crippen molar-refractivity contribution in [1.29, 1.82) is 0 Å². The minimum atomic E-state index is -2.35. The number of nitrogens with zero attached hydrogens (tertiary/aromatic N) is 1. The van der Waals surface area contributed by atoms with E-state index in [-0.39, 0.29) is 0 Å². The Morgan fingerprint density at radius 1 is 1.50 bits per heavy atom. The highest BCUT2D eigenvalue weighted by molar-refractivity contribution is 7.39. The summed E-state index contributed by atoms with van der Waals surface area (Å²) in [6, 6.07) is 0. The van der Waals surface area contributed by atoms with Crippen molar-refractivity contribution in [2.45, 2.75) is 12.8 Å². The first kappa shape index (κ1) is 15.4. The van der Waals surface area contributed by atoms with E-state index in [0.29, 0.717) is 6.61 Å². The van der Waals surface area contributed by atoms with Gasteiger partial charge in [0.2, 0.25) is 8.03 Å². The zero-order chi connectivity index (χ0) is 12.8. The van der Waals surface area contributed by atoms with Crippen molar-refractivity contribution >= 4 is 14.0 Å². The number of likely N-dealkylation sites (N-methyl/N-ethyl adjacent to an activating group) is 1. The highest BCUT2D eigenvalue weighted by Crippen LogP contribution is 2.29. The van der Waals surface area contributed by atoms with Crippen LogP contribution in [0.1, 0.15) is 6.92 Å². The quantitative estimate of drug-likeness (QED) is 0.295. The van der Waals surface area contributed by atoms with Crippen LogP contribution in [-0.4, -0.2) is 50.6 Å². The average Bonchev–Trinajstić information content (AvgIpc) is 2.15. The maximum Gasteiger partial charge on any atom is 0.330 e. The minimum absolute atomic E-state index is 0.386. The lowest BCUT2D eigenvalue weighted by Crippen LogP contribution is -2.37. The Bertz CT molecular complexity index is 272. The summed E-state index contributed by atoms with van der Waals surface area (Å²) in [5.74, 6) is -1.29. The summed E-state index contributed by atoms with van der Waals surface area (Å²) in [6.07, 6.45) is 1.04. The van der Waals surface area contributed by atoms with Crippen LogP contribution in [0.4, 0.5) is 0 Å². The van der Waals surface area contributed by atoms with E-state index >= 15 is 0 Å². The van der Waals surface area contributed by atoms with Gasteiger partial charge in [-0.15, -0.1) is 0 Å². The number of quaternary nitrogens is 1. The van der Waals surface area contributed by atoms with Gasteiger partial charge in [0.05, 0.1) is 21.1 Å². The number of hydrogen-bond acceptors (Lipinski definition) is 4. The molecular weight excluding hydrogens is 229 g/mol. The molecule has 0 bridgehead atoms. The summed E-state index contributed by atoms with van der Waals surface area (Å²) < 4.78 is 22.2. The highest BCUT2D eigenvalue weighted by atomic mass is 31.1. The van der Waals surface area contributed by atoms with Crippen molar-refractivity contribution in [3.8, 4) is 0 Å². The molecule has 0 spiro atoms. The number of hydrogen-bond donors (Lipinski definition) is 0. The van der Waals surface area contributed by atoms with Gasteiger partial charge in [-0.25, -0.2) is 4.79 Å². The number of ether oxygens (including phenoxy) is 1. The third-order valence-electron chi connectivity index (χ3n) is 1.80. The van der Waals surface area contributed by atoms with Crippen LogP contribution in [0, 0.1) is 0 Å². The molecule has 0 N–H and O–H groups in total. The Morgan fingerprint density at radius 3 is 2.50 bits per heavy atom. The topological polar surface area (TPSA) is 52.6 Å². The number of carbonyl (C=O) groups is 1. The Hall–Kier alpha value is -0.640. The van der Waals surface area contributed by atoms with Crippen molar-refractivity contribution in [3.05, 3.63) is 12.7 Å². The van der Waals surface area contributed by atoms with Crippen LogP contribution in [-0.2, 0) is 18.6 Å². The van der Waals surface area contributed by atoms with Crippen molar-refractivity contribution in [1.82, 2.24) is 0 Å². The maximum absolute atomic E-state index is 11.5. The second-order valence-corrected chi connectivity index (χ2v) is 6.20. The monoisotopic (exact) mass is 250 g/mol. The van der Waals surface area contributed by atoms with Crippen LogP contribution in [0.3, 0.4) is 0 Å². The molecule has 0 aromatic carbocycles. The van der Waals surface area contributed by atoms with E-state index in [1.807, 2.05) is 21.1 Å². The van der Waals surface area contributed by atoms with Gasteiger partial charge in [-0.05, 0) is 6.92 Å². The van der Waals surface area contributed by atoms with E-state index in [0.717, 1.165) is 17.1 Å². The van der Waals surface area contributed by atoms with Crippen LogP contribution >= 0.6 is 8.03 Å². The van der Waals surface area contributed by atoms with Crippen molar-refractivity contribution in [2.75, 3.05) is 34.3 Å². The van der Waals surface area contributed by atoms with E-state index in [1.54, 1.807) is 6.92 Å². The minimum Gasteiger partial charge on any atom is -0.449 e. The molecule has 2 unspecified atom stereocenters. The van der Waals surface area contributed by atoms with Gasteiger partial charge in [0.25, 0.3) is 0 Å². The van der Waals surface area contributed by atoms with Crippen LogP contribution in [0.15, 0.2) is 12.7 Å². The van der Waals surface area contributed by atoms with Crippen molar-refractivity contribution in [2.24, 2.45) is 0 Å². The SMILES string of the molecule is C=CC(=O)OC(C)[PH](=O)OCC[N+](C)(C)C. The molecule has 94 valence electrons. The molecule has 0 saturated heterocycles. The van der Waals surface area contributed by atoms with E-state index in [1.165, 1.54) is 0 Å². The summed E-state index contributed by atoms with van der Waals surface area (Å²) in [7, 11) is 3.70. The Labute approximate surface area is 97.5 Å². The van der Waals surface area contributed by atoms with Crippen LogP contribution in [0.2, 0.25) is 0 Å². The lowest BCUT2D eigenvalue weighted by molar-refractivity contribution is -0.870. The molecule has 2 atom stereocenters. The average molecular weight is 250 g/mol. The van der Waals surface area contributed by atoms with Gasteiger partial charge in [-0.1, -0.05) is 6.58 Å². The number of esters is 1. The van der Waals surface area contributed by atoms with Gasteiger partial charge >= 0.3 is 5.97 Å². The summed E-state index contributed by atoms with van der Waals surface area (Å²) in [5, 5.41) is 0. The van der Waals surface area contributed by atoms with Gasteiger partial charge in [-0.3, -0.25) is 4.57 Å². The Kier molecular flexibility index (Phi) is 6.56. The molecule has 6 heteroatoms. The van der Waals surface area contributed by atoms with E-state index in [2.05, 4.69) is 6.58 Å². The van der Waals surface area contributed by atoms with Crippen molar-refractivity contribution < 1.29 is 23.1 Å². The molecule has 0 amide bonds. The predicted octanol–water partition coefficient (Wildman–Crippen LogP) is 1.26. The fourth-order valence-corrected chi connectivity index (χ4v) is 1.55. The van der Waals surface area contributed by atoms with Crippen LogP contribution in [0.5, 0.6) is 0 Å². The molecule has 16 heavy (non-hydrogen) atoms. The molecule has 0 aliphatic rings. The normalized spacial score (nSPS) is 15.2. The Morgan fingerprint density at radius 2 is 2.06 bits per heavy atom. The third-order valence-corrected chi connectivity index (χ3v) is 3.07. The fraction of sp³-hybridized carbons (Fsp3) is 0.700. The zero-order valence-electron chi connectivity index (χ0n) is 10.4. The molecule has 0 fully saturated rings. The van der Waals surface area contributed by atoms with Gasteiger partial charge in [0, 0.05) is 6.08 Å². The molecule has 0 aromatic heterocycles. The van der Waals surface area contributed by atoms with Gasteiger partial charge < -0.3 is 13.7 Å². The Balaban J connectivity index is 3.88.